The maximum Gasteiger partial charge on any atom is 0.511 e. The van der Waals surface area contributed by atoms with Gasteiger partial charge in [0.25, 0.3) is 0 Å². The molecule has 0 saturated heterocycles. The molecule has 2 rings (SSSR count). The number of nitrogens with one attached hydrogen (secondary N) is 2. The van der Waals surface area contributed by atoms with Crippen molar-refractivity contribution in [1.29, 1.82) is 0 Å². The van der Waals surface area contributed by atoms with Gasteiger partial charge in [-0.2, -0.15) is 17.9 Å². The number of carbonyl (C=O) groups is 4. The van der Waals surface area contributed by atoms with Crippen LogP contribution in [0.15, 0.2) is 42.5 Å². The molecular weight excluding hydrogens is 523 g/mol. The number of ether oxygens (including phenoxy) is 1. The summed E-state index contributed by atoms with van der Waals surface area (Å²) in [6.45, 7) is 2.10. The number of hydrogen-bond acceptors (Lipinski definition) is 8. The molecule has 0 spiro atoms. The van der Waals surface area contributed by atoms with Crippen molar-refractivity contribution in [2.75, 3.05) is 0 Å². The third-order valence-electron chi connectivity index (χ3n) is 5.38. The standard InChI is InChI=1S/C22H24F3N3O8S/c1-21(2,17(26)19(33)27-13(11-29)10-16(30)31)18(32)20(28-37(34,35)22(23,24)25)36-15-9-5-7-12-6-3-4-8-14(12)15/h3-9,11,13,17,20,28H,10,26H2,1-2H3,(H,27,33)(H,30,31)/t13-,17+,20?/m0/s1. The smallest absolute Gasteiger partial charge is 0.481 e. The molecule has 11 nitrogen and oxygen atoms in total. The number of benzene rings is 2. The van der Waals surface area contributed by atoms with E-state index in [4.69, 9.17) is 15.6 Å². The topological polar surface area (TPSA) is 182 Å². The van der Waals surface area contributed by atoms with Gasteiger partial charge in [0.05, 0.1) is 23.9 Å². The van der Waals surface area contributed by atoms with E-state index in [1.54, 1.807) is 24.3 Å². The number of nitrogens with two attached hydrogens (primary N) is 1. The van der Waals surface area contributed by atoms with Crippen molar-refractivity contribution in [2.45, 2.75) is 44.1 Å². The number of fused-ring (bicyclic) bond motifs is 1. The summed E-state index contributed by atoms with van der Waals surface area (Å²) < 4.78 is 69.7. The third kappa shape index (κ3) is 7.02. The van der Waals surface area contributed by atoms with Crippen LogP contribution in [0, 0.1) is 5.41 Å². The van der Waals surface area contributed by atoms with Crippen LogP contribution < -0.4 is 20.5 Å². The molecule has 1 unspecified atom stereocenters. The summed E-state index contributed by atoms with van der Waals surface area (Å²) in [6, 6.07) is 7.45. The predicted octanol–water partition coefficient (Wildman–Crippen LogP) is 1.06. The number of amides is 1. The van der Waals surface area contributed by atoms with Gasteiger partial charge in [-0.25, -0.2) is 8.42 Å². The average molecular weight is 548 g/mol. The van der Waals surface area contributed by atoms with Crippen molar-refractivity contribution in [3.05, 3.63) is 42.5 Å². The second-order valence-corrected chi connectivity index (χ2v) is 10.2. The Labute approximate surface area is 209 Å². The van der Waals surface area contributed by atoms with Gasteiger partial charge in [0, 0.05) is 5.39 Å². The quantitative estimate of drug-likeness (QED) is 0.223. The lowest BCUT2D eigenvalue weighted by atomic mass is 9.79. The van der Waals surface area contributed by atoms with E-state index >= 15 is 0 Å². The molecule has 2 aromatic carbocycles. The number of aliphatic carboxylic acids is 1. The van der Waals surface area contributed by atoms with Crippen LogP contribution in [0.25, 0.3) is 10.8 Å². The van der Waals surface area contributed by atoms with Crippen LogP contribution >= 0.6 is 0 Å². The second kappa shape index (κ2) is 11.2. The number of sulfonamides is 1. The Bertz CT molecular complexity index is 1290. The molecule has 0 aliphatic heterocycles. The fraction of sp³-hybridized carbons (Fsp3) is 0.364. The highest BCUT2D eigenvalue weighted by Gasteiger charge is 2.51. The first-order valence-electron chi connectivity index (χ1n) is 10.5. The van der Waals surface area contributed by atoms with E-state index in [2.05, 4.69) is 0 Å². The normalized spacial score (nSPS) is 14.9. The van der Waals surface area contributed by atoms with E-state index in [1.807, 2.05) is 5.32 Å². The Hall–Kier alpha value is -3.56. The molecule has 3 atom stereocenters. The van der Waals surface area contributed by atoms with E-state index in [-0.39, 0.29) is 12.0 Å². The number of halogens is 3. The lowest BCUT2D eigenvalue weighted by molar-refractivity contribution is -0.142. The number of hydrogen-bond donors (Lipinski definition) is 4. The molecule has 202 valence electrons. The van der Waals surface area contributed by atoms with Gasteiger partial charge in [0.15, 0.2) is 5.78 Å². The molecule has 1 amide bonds. The SMILES string of the molecule is CC(C)(C(=O)C(NS(=O)(=O)C(F)(F)F)Oc1cccc2ccccc12)[C@H](N)C(=O)N[C@H](C=O)CC(=O)O. The monoisotopic (exact) mass is 547 g/mol. The number of alkyl halides is 3. The zero-order valence-corrected chi connectivity index (χ0v) is 20.3. The summed E-state index contributed by atoms with van der Waals surface area (Å²) in [5.41, 5.74) is -2.03. The molecule has 5 N–H and O–H groups in total. The lowest BCUT2D eigenvalue weighted by Crippen LogP contribution is -2.60. The van der Waals surface area contributed by atoms with Gasteiger partial charge >= 0.3 is 21.5 Å². The first kappa shape index (κ1) is 29.7. The van der Waals surface area contributed by atoms with E-state index in [0.717, 1.165) is 13.8 Å². The molecule has 15 heteroatoms. The number of aldehydes is 1. The van der Waals surface area contributed by atoms with E-state index in [1.165, 1.54) is 22.9 Å². The molecule has 2 aromatic rings. The first-order chi connectivity index (χ1) is 17.0. The van der Waals surface area contributed by atoms with Gasteiger partial charge < -0.3 is 25.7 Å². The molecule has 0 bridgehead atoms. The molecular formula is C22H24F3N3O8S. The molecule has 37 heavy (non-hydrogen) atoms. The molecule has 0 aliphatic carbocycles. The highest BCUT2D eigenvalue weighted by molar-refractivity contribution is 7.90. The van der Waals surface area contributed by atoms with Gasteiger partial charge in [0.1, 0.15) is 12.0 Å². The summed E-state index contributed by atoms with van der Waals surface area (Å²) in [7, 11) is -6.11. The number of ketones is 1. The zero-order valence-electron chi connectivity index (χ0n) is 19.5. The maximum absolute atomic E-state index is 13.3. The minimum absolute atomic E-state index is 0.122. The summed E-state index contributed by atoms with van der Waals surface area (Å²) in [6.07, 6.45) is -3.15. The van der Waals surface area contributed by atoms with Crippen molar-refractivity contribution in [2.24, 2.45) is 11.1 Å². The average Bonchev–Trinajstić information content (AvgIpc) is 2.81. The number of carbonyl (C=O) groups excluding carboxylic acids is 3. The summed E-state index contributed by atoms with van der Waals surface area (Å²) in [5, 5.41) is 11.7. The van der Waals surface area contributed by atoms with Crippen molar-refractivity contribution in [3.8, 4) is 5.75 Å². The van der Waals surface area contributed by atoms with Crippen LogP contribution in [0.1, 0.15) is 20.3 Å². The molecule has 0 aromatic heterocycles. The third-order valence-corrected chi connectivity index (χ3v) is 6.51. The minimum Gasteiger partial charge on any atom is -0.481 e. The van der Waals surface area contributed by atoms with Gasteiger partial charge in [-0.05, 0) is 11.5 Å². The lowest BCUT2D eigenvalue weighted by Gasteiger charge is -2.33. The van der Waals surface area contributed by atoms with Crippen molar-refractivity contribution in [1.82, 2.24) is 10.0 Å². The van der Waals surface area contributed by atoms with Crippen LogP contribution in [0.4, 0.5) is 13.2 Å². The van der Waals surface area contributed by atoms with Gasteiger partial charge in [-0.15, -0.1) is 0 Å². The number of rotatable bonds is 12. The Balaban J connectivity index is 2.45. The Morgan fingerprint density at radius 3 is 2.27 bits per heavy atom. The number of Topliss-reactive ketones (excluding diaryl/α,β-unsaturated/α-hetero) is 1. The Kier molecular flexibility index (Phi) is 9.00. The first-order valence-corrected chi connectivity index (χ1v) is 12.0. The summed E-state index contributed by atoms with van der Waals surface area (Å²) >= 11 is 0. The van der Waals surface area contributed by atoms with E-state index in [9.17, 15) is 40.8 Å². The highest BCUT2D eigenvalue weighted by atomic mass is 32.2. The van der Waals surface area contributed by atoms with E-state index < -0.39 is 63.3 Å². The van der Waals surface area contributed by atoms with E-state index in [0.29, 0.717) is 10.8 Å². The molecule has 0 fully saturated rings. The van der Waals surface area contributed by atoms with Crippen molar-refractivity contribution >= 4 is 44.7 Å². The molecule has 0 heterocycles. The Morgan fingerprint density at radius 1 is 1.11 bits per heavy atom. The van der Waals surface area contributed by atoms with Gasteiger partial charge in [-0.1, -0.05) is 50.2 Å². The van der Waals surface area contributed by atoms with Crippen LogP contribution in [-0.4, -0.2) is 61.3 Å². The van der Waals surface area contributed by atoms with Gasteiger partial charge in [0.2, 0.25) is 12.1 Å². The van der Waals surface area contributed by atoms with Crippen LogP contribution in [-0.2, 0) is 29.2 Å². The highest BCUT2D eigenvalue weighted by Crippen LogP contribution is 2.30. The van der Waals surface area contributed by atoms with Crippen molar-refractivity contribution in [3.63, 3.8) is 0 Å². The van der Waals surface area contributed by atoms with Gasteiger partial charge in [-0.3, -0.25) is 14.4 Å². The summed E-state index contributed by atoms with van der Waals surface area (Å²) in [5.74, 6) is -4.10. The predicted molar refractivity (Wildman–Crippen MR) is 123 cm³/mol. The second-order valence-electron chi connectivity index (χ2n) is 8.45. The van der Waals surface area contributed by atoms with Crippen LogP contribution in [0.3, 0.4) is 0 Å². The fourth-order valence-electron chi connectivity index (χ4n) is 3.18. The van der Waals surface area contributed by atoms with Crippen LogP contribution in [0.2, 0.25) is 0 Å². The number of carboxylic acid groups (broad SMARTS) is 1. The largest absolute Gasteiger partial charge is 0.511 e. The fourth-order valence-corrected chi connectivity index (χ4v) is 3.75. The zero-order chi connectivity index (χ0) is 28.2. The number of carboxylic acids is 1. The minimum atomic E-state index is -6.11. The summed E-state index contributed by atoms with van der Waals surface area (Å²) in [4.78, 5) is 47.8. The molecule has 0 saturated carbocycles. The van der Waals surface area contributed by atoms with Crippen LogP contribution in [0.5, 0.6) is 5.75 Å². The Morgan fingerprint density at radius 2 is 1.70 bits per heavy atom. The maximum atomic E-state index is 13.3. The molecule has 0 radical (unpaired) electrons. The van der Waals surface area contributed by atoms with Crippen molar-refractivity contribution < 1.29 is 50.6 Å². The molecule has 0 aliphatic rings.